The maximum Gasteiger partial charge on any atom is 0.348 e. The minimum atomic E-state index is -0.629. The van der Waals surface area contributed by atoms with E-state index in [0.717, 1.165) is 11.3 Å². The van der Waals surface area contributed by atoms with E-state index >= 15 is 0 Å². The van der Waals surface area contributed by atoms with Crippen molar-refractivity contribution >= 4 is 45.8 Å². The highest BCUT2D eigenvalue weighted by Gasteiger charge is 2.27. The average Bonchev–Trinajstić information content (AvgIpc) is 2.96. The zero-order chi connectivity index (χ0) is 20.0. The maximum absolute atomic E-state index is 12.2. The molecule has 0 aliphatic heterocycles. The van der Waals surface area contributed by atoms with Gasteiger partial charge >= 0.3 is 11.9 Å². The van der Waals surface area contributed by atoms with Gasteiger partial charge < -0.3 is 19.5 Å². The fourth-order valence-corrected chi connectivity index (χ4v) is 3.44. The summed E-state index contributed by atoms with van der Waals surface area (Å²) < 4.78 is 15.1. The van der Waals surface area contributed by atoms with Crippen LogP contribution in [0.3, 0.4) is 0 Å². The number of thiophene rings is 1. The number of carbonyl (C=O) groups excluding carboxylic acids is 3. The van der Waals surface area contributed by atoms with Gasteiger partial charge in [-0.05, 0) is 43.7 Å². The molecule has 0 unspecified atom stereocenters. The van der Waals surface area contributed by atoms with Gasteiger partial charge in [0.05, 0.1) is 19.3 Å². The van der Waals surface area contributed by atoms with Gasteiger partial charge in [0.25, 0.3) is 5.91 Å². The highest BCUT2D eigenvalue weighted by atomic mass is 35.5. The van der Waals surface area contributed by atoms with Crippen molar-refractivity contribution in [3.63, 3.8) is 0 Å². The number of hydrogen-bond donors (Lipinski definition) is 1. The zero-order valence-corrected chi connectivity index (χ0v) is 16.5. The summed E-state index contributed by atoms with van der Waals surface area (Å²) in [4.78, 5) is 36.6. The van der Waals surface area contributed by atoms with Crippen molar-refractivity contribution < 1.29 is 28.6 Å². The van der Waals surface area contributed by atoms with Gasteiger partial charge in [0.1, 0.15) is 15.6 Å². The first-order chi connectivity index (χ1) is 12.9. The van der Waals surface area contributed by atoms with Crippen molar-refractivity contribution in [2.24, 2.45) is 0 Å². The summed E-state index contributed by atoms with van der Waals surface area (Å²) in [5, 5.41) is 3.35. The van der Waals surface area contributed by atoms with Gasteiger partial charge in [0, 0.05) is 5.02 Å². The van der Waals surface area contributed by atoms with Crippen LogP contribution >= 0.6 is 22.9 Å². The molecular formula is C18H18ClNO6S. The molecule has 2 aromatic rings. The standard InChI is InChI=1S/C18H18ClNO6S/c1-4-25-17(22)14-10(2)15(18(23)24-3)27-16(14)20-13(21)9-26-12-7-5-11(19)6-8-12/h5-8H,4,9H2,1-3H3,(H,20,21). The monoisotopic (exact) mass is 411 g/mol. The molecule has 1 N–H and O–H groups in total. The lowest BCUT2D eigenvalue weighted by molar-refractivity contribution is -0.118. The molecule has 1 amide bonds. The molecule has 27 heavy (non-hydrogen) atoms. The van der Waals surface area contributed by atoms with Gasteiger partial charge in [-0.25, -0.2) is 9.59 Å². The topological polar surface area (TPSA) is 90.9 Å². The third kappa shape index (κ3) is 5.21. The van der Waals surface area contributed by atoms with E-state index in [1.165, 1.54) is 7.11 Å². The van der Waals surface area contributed by atoms with E-state index in [1.807, 2.05) is 0 Å². The summed E-state index contributed by atoms with van der Waals surface area (Å²) in [6.07, 6.45) is 0. The lowest BCUT2D eigenvalue weighted by Gasteiger charge is -2.08. The molecule has 0 saturated carbocycles. The first kappa shape index (κ1) is 20.7. The molecule has 0 aliphatic carbocycles. The van der Waals surface area contributed by atoms with E-state index < -0.39 is 17.8 Å². The number of methoxy groups -OCH3 is 1. The Hall–Kier alpha value is -2.58. The van der Waals surface area contributed by atoms with Crippen LogP contribution in [-0.4, -0.2) is 38.2 Å². The SMILES string of the molecule is CCOC(=O)c1c(NC(=O)COc2ccc(Cl)cc2)sc(C(=O)OC)c1C. The summed E-state index contributed by atoms with van der Waals surface area (Å²) in [5.41, 5.74) is 0.515. The number of esters is 2. The Morgan fingerprint density at radius 2 is 1.81 bits per heavy atom. The molecule has 9 heteroatoms. The summed E-state index contributed by atoms with van der Waals surface area (Å²) in [7, 11) is 1.24. The fourth-order valence-electron chi connectivity index (χ4n) is 2.18. The molecule has 1 heterocycles. The van der Waals surface area contributed by atoms with Gasteiger partial charge in [-0.15, -0.1) is 11.3 Å². The third-order valence-corrected chi connectivity index (χ3v) is 4.87. The molecule has 7 nitrogen and oxygen atoms in total. The Morgan fingerprint density at radius 1 is 1.15 bits per heavy atom. The van der Waals surface area contributed by atoms with E-state index in [2.05, 4.69) is 5.32 Å². The molecular weight excluding hydrogens is 394 g/mol. The zero-order valence-electron chi connectivity index (χ0n) is 15.0. The molecule has 0 fully saturated rings. The van der Waals surface area contributed by atoms with E-state index in [-0.39, 0.29) is 28.7 Å². The Kier molecular flexibility index (Phi) is 7.20. The summed E-state index contributed by atoms with van der Waals surface area (Å²) in [6, 6.07) is 6.53. The minimum absolute atomic E-state index is 0.127. The van der Waals surface area contributed by atoms with E-state index in [0.29, 0.717) is 16.3 Å². The van der Waals surface area contributed by atoms with Crippen molar-refractivity contribution in [3.8, 4) is 5.75 Å². The van der Waals surface area contributed by atoms with Crippen molar-refractivity contribution in [2.75, 3.05) is 25.6 Å². The first-order valence-corrected chi connectivity index (χ1v) is 9.13. The van der Waals surface area contributed by atoms with Crippen molar-refractivity contribution in [1.29, 1.82) is 0 Å². The van der Waals surface area contributed by atoms with Gasteiger partial charge in [-0.1, -0.05) is 11.6 Å². The number of benzene rings is 1. The van der Waals surface area contributed by atoms with Crippen LogP contribution in [0.4, 0.5) is 5.00 Å². The summed E-state index contributed by atoms with van der Waals surface area (Å²) >= 11 is 6.74. The highest BCUT2D eigenvalue weighted by Crippen LogP contribution is 2.34. The number of ether oxygens (including phenoxy) is 3. The molecule has 0 bridgehead atoms. The highest BCUT2D eigenvalue weighted by molar-refractivity contribution is 7.18. The number of anilines is 1. The van der Waals surface area contributed by atoms with Gasteiger partial charge in [-0.3, -0.25) is 4.79 Å². The maximum atomic E-state index is 12.2. The largest absolute Gasteiger partial charge is 0.484 e. The first-order valence-electron chi connectivity index (χ1n) is 7.94. The number of nitrogens with one attached hydrogen (secondary N) is 1. The molecule has 0 aliphatic rings. The van der Waals surface area contributed by atoms with E-state index in [9.17, 15) is 14.4 Å². The molecule has 0 atom stereocenters. The van der Waals surface area contributed by atoms with Crippen LogP contribution in [0.5, 0.6) is 5.75 Å². The van der Waals surface area contributed by atoms with Crippen LogP contribution < -0.4 is 10.1 Å². The normalized spacial score (nSPS) is 10.2. The smallest absolute Gasteiger partial charge is 0.348 e. The Bertz CT molecular complexity index is 846. The number of halogens is 1. The molecule has 0 spiro atoms. The Morgan fingerprint density at radius 3 is 2.41 bits per heavy atom. The predicted octanol–water partition coefficient (Wildman–Crippen LogP) is 3.69. The van der Waals surface area contributed by atoms with Crippen LogP contribution in [-0.2, 0) is 14.3 Å². The number of rotatable bonds is 7. The van der Waals surface area contributed by atoms with Crippen molar-refractivity contribution in [3.05, 3.63) is 45.3 Å². The molecule has 144 valence electrons. The second-order valence-corrected chi connectivity index (χ2v) is 6.72. The fraction of sp³-hybridized carbons (Fsp3) is 0.278. The number of amides is 1. The summed E-state index contributed by atoms with van der Waals surface area (Å²) in [5.74, 6) is -1.25. The summed E-state index contributed by atoms with van der Waals surface area (Å²) in [6.45, 7) is 3.14. The quantitative estimate of drug-likeness (QED) is 0.698. The van der Waals surface area contributed by atoms with Gasteiger partial charge in [-0.2, -0.15) is 0 Å². The third-order valence-electron chi connectivity index (χ3n) is 3.43. The predicted molar refractivity (Wildman–Crippen MR) is 102 cm³/mol. The molecule has 1 aromatic heterocycles. The van der Waals surface area contributed by atoms with Crippen LogP contribution in [0.25, 0.3) is 0 Å². The second-order valence-electron chi connectivity index (χ2n) is 5.26. The van der Waals surface area contributed by atoms with Crippen LogP contribution in [0, 0.1) is 6.92 Å². The van der Waals surface area contributed by atoms with Crippen LogP contribution in [0.15, 0.2) is 24.3 Å². The Balaban J connectivity index is 2.17. The number of hydrogen-bond acceptors (Lipinski definition) is 7. The van der Waals surface area contributed by atoms with Crippen molar-refractivity contribution in [1.82, 2.24) is 0 Å². The molecule has 2 rings (SSSR count). The van der Waals surface area contributed by atoms with Crippen LogP contribution in [0.2, 0.25) is 5.02 Å². The average molecular weight is 412 g/mol. The van der Waals surface area contributed by atoms with E-state index in [1.54, 1.807) is 38.1 Å². The van der Waals surface area contributed by atoms with Gasteiger partial charge in [0.2, 0.25) is 0 Å². The van der Waals surface area contributed by atoms with Crippen LogP contribution in [0.1, 0.15) is 32.5 Å². The Labute approximate surface area is 165 Å². The van der Waals surface area contributed by atoms with Crippen molar-refractivity contribution in [2.45, 2.75) is 13.8 Å². The lowest BCUT2D eigenvalue weighted by Crippen LogP contribution is -2.21. The van der Waals surface area contributed by atoms with E-state index in [4.69, 9.17) is 25.8 Å². The second kappa shape index (κ2) is 9.38. The lowest BCUT2D eigenvalue weighted by atomic mass is 10.1. The number of carbonyl (C=O) groups is 3. The molecule has 0 saturated heterocycles. The molecule has 1 aromatic carbocycles. The minimum Gasteiger partial charge on any atom is -0.484 e. The van der Waals surface area contributed by atoms with Gasteiger partial charge in [0.15, 0.2) is 6.61 Å². The molecule has 0 radical (unpaired) electrons.